The Balaban J connectivity index is 2.07. The molecule has 4 rings (SSSR count). The number of Topliss-reactive ketones (excluding diaryl/α,β-unsaturated/α-hetero) is 2. The summed E-state index contributed by atoms with van der Waals surface area (Å²) in [6.07, 6.45) is 0.610. The molecule has 1 aromatic rings. The van der Waals surface area contributed by atoms with Crippen molar-refractivity contribution in [1.29, 1.82) is 0 Å². The topological polar surface area (TPSA) is 88.5 Å². The van der Waals surface area contributed by atoms with Crippen LogP contribution in [0.3, 0.4) is 0 Å². The van der Waals surface area contributed by atoms with Gasteiger partial charge in [-0.2, -0.15) is 0 Å². The third-order valence-electron chi connectivity index (χ3n) is 5.36. The summed E-state index contributed by atoms with van der Waals surface area (Å²) in [6.45, 7) is 5.39. The Bertz CT molecular complexity index is 988. The van der Waals surface area contributed by atoms with Crippen LogP contribution in [0.15, 0.2) is 35.6 Å². The molecule has 0 aliphatic heterocycles. The standard InChI is InChI=1S/C20H14O5/c1-8-10-3-4-11(9(2)22)18-16(7-21)14(20(24)25)6-15(17(10)18)19(23)13-5-12(8)13/h3-4,7,14-16H,1,6H2,2H3,(H,24,25). The molecule has 3 aliphatic carbocycles. The van der Waals surface area contributed by atoms with Gasteiger partial charge in [-0.3, -0.25) is 14.4 Å². The lowest BCUT2D eigenvalue weighted by molar-refractivity contribution is -0.144. The Hall–Kier alpha value is -3.04. The fraction of sp³-hybridized carbons (Fsp3) is 0.250. The molecule has 0 spiro atoms. The molecule has 1 N–H and O–H groups in total. The minimum absolute atomic E-state index is 0.0324. The van der Waals surface area contributed by atoms with Gasteiger partial charge in [-0.05, 0) is 35.6 Å². The van der Waals surface area contributed by atoms with Crippen molar-refractivity contribution in [2.24, 2.45) is 5.92 Å². The molecular weight excluding hydrogens is 320 g/mol. The van der Waals surface area contributed by atoms with Crippen LogP contribution >= 0.6 is 0 Å². The zero-order valence-corrected chi connectivity index (χ0v) is 13.5. The predicted molar refractivity (Wildman–Crippen MR) is 88.3 cm³/mol. The summed E-state index contributed by atoms with van der Waals surface area (Å²) in [5.74, 6) is -4.30. The summed E-state index contributed by atoms with van der Waals surface area (Å²) in [6, 6.07) is 3.33. The SMILES string of the molecule is C=C1C2=C=C2C(=O)C2CC(C(=O)O)C(C=O)c3c(C(C)=O)ccc1c32. The van der Waals surface area contributed by atoms with E-state index in [0.717, 1.165) is 0 Å². The summed E-state index contributed by atoms with van der Waals surface area (Å²) in [7, 11) is 0. The van der Waals surface area contributed by atoms with Crippen LogP contribution in [0.2, 0.25) is 0 Å². The number of aliphatic carboxylic acids is 1. The predicted octanol–water partition coefficient (Wildman–Crippen LogP) is 2.42. The second-order valence-corrected chi connectivity index (χ2v) is 6.66. The molecule has 0 radical (unpaired) electrons. The third kappa shape index (κ3) is 1.96. The maximum atomic E-state index is 12.8. The van der Waals surface area contributed by atoms with Gasteiger partial charge in [0.2, 0.25) is 0 Å². The van der Waals surface area contributed by atoms with Crippen LogP contribution in [0, 0.1) is 5.92 Å². The molecule has 1 aromatic carbocycles. The van der Waals surface area contributed by atoms with Crippen LogP contribution < -0.4 is 0 Å². The molecule has 0 fully saturated rings. The van der Waals surface area contributed by atoms with Crippen molar-refractivity contribution < 1.29 is 24.3 Å². The van der Waals surface area contributed by atoms with Crippen LogP contribution in [0.25, 0.3) is 5.57 Å². The highest BCUT2D eigenvalue weighted by atomic mass is 16.4. The molecule has 5 nitrogen and oxygen atoms in total. The Morgan fingerprint density at radius 2 is 2.00 bits per heavy atom. The van der Waals surface area contributed by atoms with Crippen LogP contribution in [0.1, 0.15) is 52.2 Å². The van der Waals surface area contributed by atoms with E-state index in [9.17, 15) is 24.3 Å². The minimum atomic E-state index is -1.14. The van der Waals surface area contributed by atoms with Crippen LogP contribution in [0.4, 0.5) is 0 Å². The lowest BCUT2D eigenvalue weighted by atomic mass is 9.66. The van der Waals surface area contributed by atoms with Gasteiger partial charge in [-0.15, -0.1) is 0 Å². The number of allylic oxidation sites excluding steroid dienone is 2. The third-order valence-corrected chi connectivity index (χ3v) is 5.36. The first-order valence-corrected chi connectivity index (χ1v) is 7.97. The highest BCUT2D eigenvalue weighted by Crippen LogP contribution is 2.53. The number of carboxylic acids is 1. The fourth-order valence-electron chi connectivity index (χ4n) is 4.13. The molecule has 0 amide bonds. The number of ketones is 2. The number of benzene rings is 1. The fourth-order valence-corrected chi connectivity index (χ4v) is 4.13. The van der Waals surface area contributed by atoms with Crippen molar-refractivity contribution in [3.8, 4) is 0 Å². The zero-order chi connectivity index (χ0) is 18.0. The van der Waals surface area contributed by atoms with E-state index in [1.165, 1.54) is 6.92 Å². The van der Waals surface area contributed by atoms with Crippen molar-refractivity contribution in [1.82, 2.24) is 0 Å². The van der Waals surface area contributed by atoms with Gasteiger partial charge in [0.25, 0.3) is 0 Å². The Morgan fingerprint density at radius 3 is 2.60 bits per heavy atom. The average molecular weight is 334 g/mol. The van der Waals surface area contributed by atoms with Crippen LogP contribution in [-0.2, 0) is 14.4 Å². The van der Waals surface area contributed by atoms with Crippen LogP contribution in [0.5, 0.6) is 0 Å². The molecule has 0 heterocycles. The van der Waals surface area contributed by atoms with Gasteiger partial charge < -0.3 is 9.90 Å². The lowest BCUT2D eigenvalue weighted by Crippen LogP contribution is -2.34. The van der Waals surface area contributed by atoms with E-state index < -0.39 is 23.7 Å². The maximum Gasteiger partial charge on any atom is 0.307 e. The molecule has 3 unspecified atom stereocenters. The van der Waals surface area contributed by atoms with Crippen LogP contribution in [-0.4, -0.2) is 28.9 Å². The van der Waals surface area contributed by atoms with E-state index in [2.05, 4.69) is 12.3 Å². The van der Waals surface area contributed by atoms with Gasteiger partial charge in [0, 0.05) is 17.1 Å². The van der Waals surface area contributed by atoms with Gasteiger partial charge in [0.05, 0.1) is 17.4 Å². The Morgan fingerprint density at radius 1 is 1.28 bits per heavy atom. The summed E-state index contributed by atoms with van der Waals surface area (Å²) < 4.78 is 0. The molecular formula is C20H14O5. The minimum Gasteiger partial charge on any atom is -0.481 e. The van der Waals surface area contributed by atoms with Gasteiger partial charge >= 0.3 is 5.97 Å². The van der Waals surface area contributed by atoms with Crippen molar-refractivity contribution in [3.63, 3.8) is 0 Å². The molecule has 5 heteroatoms. The second-order valence-electron chi connectivity index (χ2n) is 6.66. The molecule has 3 aliphatic rings. The van der Waals surface area contributed by atoms with Gasteiger partial charge in [0.1, 0.15) is 6.29 Å². The van der Waals surface area contributed by atoms with E-state index in [1.54, 1.807) is 12.1 Å². The summed E-state index contributed by atoms with van der Waals surface area (Å²) >= 11 is 0. The van der Waals surface area contributed by atoms with Crippen molar-refractivity contribution in [2.75, 3.05) is 0 Å². The molecule has 0 saturated carbocycles. The zero-order valence-electron chi connectivity index (χ0n) is 13.5. The molecule has 0 bridgehead atoms. The van der Waals surface area contributed by atoms with Gasteiger partial charge in [0.15, 0.2) is 11.6 Å². The summed E-state index contributed by atoms with van der Waals surface area (Å²) in [4.78, 5) is 48.4. The first-order valence-electron chi connectivity index (χ1n) is 7.97. The van der Waals surface area contributed by atoms with Crippen molar-refractivity contribution in [3.05, 3.63) is 57.8 Å². The van der Waals surface area contributed by atoms with Gasteiger partial charge in [-0.1, -0.05) is 24.4 Å². The second kappa shape index (κ2) is 4.98. The van der Waals surface area contributed by atoms with Crippen molar-refractivity contribution >= 4 is 29.4 Å². The highest BCUT2D eigenvalue weighted by molar-refractivity contribution is 6.17. The van der Waals surface area contributed by atoms with Crippen molar-refractivity contribution in [2.45, 2.75) is 25.2 Å². The lowest BCUT2D eigenvalue weighted by Gasteiger charge is -2.34. The molecule has 25 heavy (non-hydrogen) atoms. The maximum absolute atomic E-state index is 12.8. The number of carbonyl (C=O) groups excluding carboxylic acids is 3. The molecule has 124 valence electrons. The monoisotopic (exact) mass is 334 g/mol. The first kappa shape index (κ1) is 15.5. The normalized spacial score (nSPS) is 25.9. The number of hydrogen-bond acceptors (Lipinski definition) is 4. The smallest absolute Gasteiger partial charge is 0.307 e. The summed E-state index contributed by atoms with van der Waals surface area (Å²) in [5, 5.41) is 9.58. The number of hydrogen-bond donors (Lipinski definition) is 1. The quantitative estimate of drug-likeness (QED) is 0.521. The Kier molecular flexibility index (Phi) is 3.08. The number of aldehydes is 1. The Labute approximate surface area is 143 Å². The number of carboxylic acid groups (broad SMARTS) is 1. The summed E-state index contributed by atoms with van der Waals surface area (Å²) in [5.41, 5.74) is 6.63. The number of rotatable bonds is 3. The van der Waals surface area contributed by atoms with E-state index in [-0.39, 0.29) is 18.0 Å². The van der Waals surface area contributed by atoms with E-state index >= 15 is 0 Å². The molecule has 0 aromatic heterocycles. The van der Waals surface area contributed by atoms with E-state index in [0.29, 0.717) is 45.3 Å². The van der Waals surface area contributed by atoms with Gasteiger partial charge in [-0.25, -0.2) is 0 Å². The largest absolute Gasteiger partial charge is 0.481 e. The highest BCUT2D eigenvalue weighted by Gasteiger charge is 2.48. The number of carbonyl (C=O) groups is 4. The van der Waals surface area contributed by atoms with E-state index in [4.69, 9.17) is 0 Å². The molecule has 3 atom stereocenters. The molecule has 0 saturated heterocycles. The van der Waals surface area contributed by atoms with E-state index in [1.807, 2.05) is 0 Å². The average Bonchev–Trinajstić information content (AvgIpc) is 3.38. The number of fused-ring (bicyclic) bond motifs is 1. The first-order chi connectivity index (χ1) is 11.9.